The fourth-order valence-corrected chi connectivity index (χ4v) is 5.85. The first-order chi connectivity index (χ1) is 15.7. The zero-order valence-corrected chi connectivity index (χ0v) is 18.4. The van der Waals surface area contributed by atoms with Crippen LogP contribution in [0.2, 0.25) is 0 Å². The van der Waals surface area contributed by atoms with Crippen LogP contribution in [0.4, 0.5) is 23.1 Å². The van der Waals surface area contributed by atoms with Crippen molar-refractivity contribution in [1.29, 1.82) is 0 Å². The highest BCUT2D eigenvalue weighted by atomic mass is 16.2. The number of nitrogens with one attached hydrogen (secondary N) is 1. The van der Waals surface area contributed by atoms with Crippen molar-refractivity contribution in [3.8, 4) is 0 Å². The Morgan fingerprint density at radius 1 is 1.03 bits per heavy atom. The molecule has 1 aliphatic heterocycles. The number of amides is 1. The number of anilines is 4. The van der Waals surface area contributed by atoms with Crippen molar-refractivity contribution in [2.45, 2.75) is 57.0 Å². The number of fused-ring (bicyclic) bond motifs is 3. The molecule has 0 saturated heterocycles. The van der Waals surface area contributed by atoms with Crippen molar-refractivity contribution in [2.24, 2.45) is 5.92 Å². The van der Waals surface area contributed by atoms with E-state index in [2.05, 4.69) is 26.3 Å². The number of nitrogens with zero attached hydrogens (tertiary/aromatic N) is 5. The predicted octanol–water partition coefficient (Wildman–Crippen LogP) is 4.66. The van der Waals surface area contributed by atoms with Gasteiger partial charge in [-0.2, -0.15) is 4.98 Å². The molecule has 1 amide bonds. The Labute approximate surface area is 187 Å². The second-order valence-corrected chi connectivity index (χ2v) is 9.29. The summed E-state index contributed by atoms with van der Waals surface area (Å²) in [6, 6.07) is 10.7. The van der Waals surface area contributed by atoms with Gasteiger partial charge in [-0.3, -0.25) is 9.78 Å². The minimum Gasteiger partial charge on any atom is -0.348 e. The van der Waals surface area contributed by atoms with Crippen LogP contribution in [0.1, 0.15) is 44.9 Å². The summed E-state index contributed by atoms with van der Waals surface area (Å²) >= 11 is 0. The van der Waals surface area contributed by atoms with Crippen LogP contribution >= 0.6 is 0 Å². The SMILES string of the molecule is CN1C(=O)C2CCCC2N(C2CCCC2)c2nc(Nc3ccc4ncccc4c3)ncc21. The summed E-state index contributed by atoms with van der Waals surface area (Å²) in [6.45, 7) is 0. The van der Waals surface area contributed by atoms with Crippen LogP contribution in [0.15, 0.2) is 42.7 Å². The first-order valence-electron chi connectivity index (χ1n) is 11.7. The molecule has 2 aromatic heterocycles. The van der Waals surface area contributed by atoms with E-state index in [-0.39, 0.29) is 17.9 Å². The molecule has 3 heterocycles. The lowest BCUT2D eigenvalue weighted by Crippen LogP contribution is -2.46. The van der Waals surface area contributed by atoms with E-state index in [4.69, 9.17) is 4.98 Å². The molecule has 2 aliphatic carbocycles. The van der Waals surface area contributed by atoms with Gasteiger partial charge < -0.3 is 15.1 Å². The summed E-state index contributed by atoms with van der Waals surface area (Å²) in [4.78, 5) is 31.6. The third kappa shape index (κ3) is 3.18. The number of carbonyl (C=O) groups is 1. The molecular formula is C25H28N6O. The smallest absolute Gasteiger partial charge is 0.232 e. The van der Waals surface area contributed by atoms with Gasteiger partial charge >= 0.3 is 0 Å². The topological polar surface area (TPSA) is 74.2 Å². The highest BCUT2D eigenvalue weighted by Crippen LogP contribution is 2.44. The molecule has 7 heteroatoms. The van der Waals surface area contributed by atoms with Crippen LogP contribution in [-0.4, -0.2) is 40.0 Å². The van der Waals surface area contributed by atoms with Crippen LogP contribution in [0.25, 0.3) is 10.9 Å². The Morgan fingerprint density at radius 2 is 1.91 bits per heavy atom. The molecule has 3 aromatic rings. The van der Waals surface area contributed by atoms with Gasteiger partial charge in [0.05, 0.1) is 17.6 Å². The summed E-state index contributed by atoms with van der Waals surface area (Å²) in [5, 5.41) is 4.45. The lowest BCUT2D eigenvalue weighted by molar-refractivity contribution is -0.122. The van der Waals surface area contributed by atoms with Gasteiger partial charge in [-0.15, -0.1) is 0 Å². The van der Waals surface area contributed by atoms with Crippen LogP contribution in [0.3, 0.4) is 0 Å². The second-order valence-electron chi connectivity index (χ2n) is 9.29. The molecule has 6 rings (SSSR count). The Morgan fingerprint density at radius 3 is 2.78 bits per heavy atom. The van der Waals surface area contributed by atoms with Crippen molar-refractivity contribution in [3.05, 3.63) is 42.7 Å². The van der Waals surface area contributed by atoms with E-state index in [0.717, 1.165) is 47.4 Å². The Kier molecular flexibility index (Phi) is 4.70. The molecule has 0 spiro atoms. The monoisotopic (exact) mass is 428 g/mol. The fourth-order valence-electron chi connectivity index (χ4n) is 5.85. The highest BCUT2D eigenvalue weighted by Gasteiger charge is 2.45. The van der Waals surface area contributed by atoms with Gasteiger partial charge in [-0.1, -0.05) is 25.3 Å². The molecule has 2 saturated carbocycles. The van der Waals surface area contributed by atoms with Crippen molar-refractivity contribution < 1.29 is 4.79 Å². The van der Waals surface area contributed by atoms with Crippen molar-refractivity contribution in [2.75, 3.05) is 22.2 Å². The lowest BCUT2D eigenvalue weighted by atomic mass is 9.99. The van der Waals surface area contributed by atoms with E-state index in [1.807, 2.05) is 37.5 Å². The van der Waals surface area contributed by atoms with Crippen LogP contribution < -0.4 is 15.1 Å². The Balaban J connectivity index is 1.41. The Hall–Kier alpha value is -3.22. The molecule has 0 bridgehead atoms. The molecule has 1 aromatic carbocycles. The lowest BCUT2D eigenvalue weighted by Gasteiger charge is -2.36. The van der Waals surface area contributed by atoms with Crippen molar-refractivity contribution in [3.63, 3.8) is 0 Å². The minimum atomic E-state index is 0.0548. The van der Waals surface area contributed by atoms with E-state index >= 15 is 0 Å². The molecule has 7 nitrogen and oxygen atoms in total. The standard InChI is InChI=1S/C25H28N6O/c1-30-22-15-27-25(28-17-11-12-20-16(14-17)6-5-13-26-20)29-23(22)31(18-7-2-3-8-18)21-10-4-9-19(21)24(30)32/h5-6,11-15,18-19,21H,2-4,7-10H2,1H3,(H,27,28,29). The van der Waals surface area contributed by atoms with Gasteiger partial charge in [0.15, 0.2) is 5.82 Å². The van der Waals surface area contributed by atoms with Crippen LogP contribution in [-0.2, 0) is 4.79 Å². The van der Waals surface area contributed by atoms with Gasteiger partial charge in [-0.05, 0) is 49.9 Å². The number of hydrogen-bond donors (Lipinski definition) is 1. The molecule has 2 fully saturated rings. The molecular weight excluding hydrogens is 400 g/mol. The van der Waals surface area contributed by atoms with Gasteiger partial charge in [0.25, 0.3) is 0 Å². The molecule has 164 valence electrons. The summed E-state index contributed by atoms with van der Waals surface area (Å²) in [6.07, 6.45) is 11.6. The summed E-state index contributed by atoms with van der Waals surface area (Å²) in [7, 11) is 1.88. The van der Waals surface area contributed by atoms with E-state index < -0.39 is 0 Å². The van der Waals surface area contributed by atoms with Crippen molar-refractivity contribution in [1.82, 2.24) is 15.0 Å². The summed E-state index contributed by atoms with van der Waals surface area (Å²) < 4.78 is 0. The second kappa shape index (κ2) is 7.73. The fraction of sp³-hybridized carbons (Fsp3) is 0.440. The van der Waals surface area contributed by atoms with E-state index in [9.17, 15) is 4.79 Å². The molecule has 2 unspecified atom stereocenters. The predicted molar refractivity (Wildman–Crippen MR) is 126 cm³/mol. The van der Waals surface area contributed by atoms with Gasteiger partial charge in [0, 0.05) is 36.4 Å². The van der Waals surface area contributed by atoms with E-state index in [0.29, 0.717) is 12.0 Å². The summed E-state index contributed by atoms with van der Waals surface area (Å²) in [5.74, 6) is 1.73. The average Bonchev–Trinajstić information content (AvgIpc) is 3.50. The molecule has 1 N–H and O–H groups in total. The molecule has 0 radical (unpaired) electrons. The number of rotatable bonds is 3. The third-order valence-electron chi connectivity index (χ3n) is 7.42. The third-order valence-corrected chi connectivity index (χ3v) is 7.42. The van der Waals surface area contributed by atoms with Gasteiger partial charge in [-0.25, -0.2) is 4.98 Å². The first-order valence-corrected chi connectivity index (χ1v) is 11.7. The van der Waals surface area contributed by atoms with E-state index in [1.54, 1.807) is 11.1 Å². The maximum Gasteiger partial charge on any atom is 0.232 e. The zero-order chi connectivity index (χ0) is 21.7. The zero-order valence-electron chi connectivity index (χ0n) is 18.4. The van der Waals surface area contributed by atoms with Crippen LogP contribution in [0.5, 0.6) is 0 Å². The number of hydrogen-bond acceptors (Lipinski definition) is 6. The molecule has 2 atom stereocenters. The first kappa shape index (κ1) is 19.5. The average molecular weight is 429 g/mol. The van der Waals surface area contributed by atoms with Gasteiger partial charge in [0.1, 0.15) is 5.69 Å². The molecule has 3 aliphatic rings. The Bertz CT molecular complexity index is 1170. The van der Waals surface area contributed by atoms with Crippen molar-refractivity contribution >= 4 is 40.0 Å². The van der Waals surface area contributed by atoms with E-state index in [1.165, 1.54) is 25.7 Å². The normalized spacial score (nSPS) is 23.3. The highest BCUT2D eigenvalue weighted by molar-refractivity contribution is 5.99. The number of pyridine rings is 1. The number of aromatic nitrogens is 3. The largest absolute Gasteiger partial charge is 0.348 e. The number of benzene rings is 1. The minimum absolute atomic E-state index is 0.0548. The maximum atomic E-state index is 13.3. The van der Waals surface area contributed by atoms with Gasteiger partial charge in [0.2, 0.25) is 11.9 Å². The number of carbonyl (C=O) groups excluding carboxylic acids is 1. The molecule has 32 heavy (non-hydrogen) atoms. The van der Waals surface area contributed by atoms with Crippen LogP contribution in [0, 0.1) is 5.92 Å². The summed E-state index contributed by atoms with van der Waals surface area (Å²) in [5.41, 5.74) is 2.71. The quantitative estimate of drug-likeness (QED) is 0.654. The maximum absolute atomic E-state index is 13.3.